The Balaban J connectivity index is 1.96. The molecule has 0 aromatic heterocycles. The van der Waals surface area contributed by atoms with Crippen LogP contribution in [0.15, 0.2) is 61.2 Å². The van der Waals surface area contributed by atoms with Crippen LogP contribution in [0, 0.1) is 6.92 Å². The number of carbonyl (C=O) groups is 1. The second-order valence-electron chi connectivity index (χ2n) is 6.14. The van der Waals surface area contributed by atoms with Gasteiger partial charge in [-0.05, 0) is 55.9 Å². The van der Waals surface area contributed by atoms with Gasteiger partial charge in [-0.3, -0.25) is 9.69 Å². The molecule has 2 aromatic rings. The van der Waals surface area contributed by atoms with Gasteiger partial charge in [0.2, 0.25) is 0 Å². The molecule has 1 saturated heterocycles. The fraction of sp³-hybridized carbons (Fsp3) is 0.238. The zero-order valence-electron chi connectivity index (χ0n) is 15.0. The van der Waals surface area contributed by atoms with Crippen molar-refractivity contribution in [2.24, 2.45) is 0 Å². The Labute approximate surface area is 159 Å². The molecule has 0 unspecified atom stereocenters. The van der Waals surface area contributed by atoms with Crippen LogP contribution in [0.1, 0.15) is 24.1 Å². The molecule has 0 radical (unpaired) electrons. The van der Waals surface area contributed by atoms with Gasteiger partial charge in [-0.15, -0.1) is 6.58 Å². The molecule has 1 amide bonds. The maximum absolute atomic E-state index is 13.2. The van der Waals surface area contributed by atoms with E-state index in [-0.39, 0.29) is 5.91 Å². The number of carbonyl (C=O) groups excluding carboxylic acids is 1. The Hall–Kier alpha value is -2.66. The van der Waals surface area contributed by atoms with Crippen molar-refractivity contribution in [2.45, 2.75) is 19.9 Å². The van der Waals surface area contributed by atoms with Crippen LogP contribution in [0.25, 0.3) is 0 Å². The van der Waals surface area contributed by atoms with E-state index in [4.69, 9.17) is 17.0 Å². The van der Waals surface area contributed by atoms with Crippen molar-refractivity contribution >= 4 is 28.9 Å². The third kappa shape index (κ3) is 3.35. The highest BCUT2D eigenvalue weighted by molar-refractivity contribution is 7.80. The zero-order chi connectivity index (χ0) is 18.7. The predicted octanol–water partition coefficient (Wildman–Crippen LogP) is 4.25. The fourth-order valence-electron chi connectivity index (χ4n) is 3.08. The van der Waals surface area contributed by atoms with Crippen molar-refractivity contribution in [1.82, 2.24) is 4.90 Å². The summed E-state index contributed by atoms with van der Waals surface area (Å²) >= 11 is 5.63. The molecule has 1 aliphatic heterocycles. The predicted molar refractivity (Wildman–Crippen MR) is 109 cm³/mol. The van der Waals surface area contributed by atoms with Crippen LogP contribution >= 0.6 is 12.2 Å². The molecule has 134 valence electrons. The number of anilines is 1. The number of thiocarbonyl (C=S) groups is 1. The van der Waals surface area contributed by atoms with Crippen LogP contribution < -0.4 is 9.64 Å². The van der Waals surface area contributed by atoms with Crippen molar-refractivity contribution in [1.29, 1.82) is 0 Å². The maximum atomic E-state index is 13.2. The number of nitrogens with zero attached hydrogens (tertiary/aromatic N) is 2. The van der Waals surface area contributed by atoms with Crippen LogP contribution in [0.4, 0.5) is 5.69 Å². The van der Waals surface area contributed by atoms with Crippen molar-refractivity contribution in [3.8, 4) is 5.75 Å². The quantitative estimate of drug-likeness (QED) is 0.565. The minimum atomic E-state index is -0.437. The number of benzene rings is 2. The van der Waals surface area contributed by atoms with Crippen molar-refractivity contribution < 1.29 is 9.53 Å². The molecule has 3 rings (SSSR count). The van der Waals surface area contributed by atoms with Crippen molar-refractivity contribution in [2.75, 3.05) is 18.1 Å². The van der Waals surface area contributed by atoms with Crippen LogP contribution in [-0.2, 0) is 4.79 Å². The molecule has 0 N–H and O–H groups in total. The first kappa shape index (κ1) is 18.1. The van der Waals surface area contributed by atoms with Gasteiger partial charge in [0.15, 0.2) is 5.11 Å². The Bertz CT molecular complexity index is 815. The Kier molecular flexibility index (Phi) is 5.38. The van der Waals surface area contributed by atoms with E-state index in [1.165, 1.54) is 0 Å². The lowest BCUT2D eigenvalue weighted by Gasteiger charge is -2.22. The zero-order valence-corrected chi connectivity index (χ0v) is 15.8. The van der Waals surface area contributed by atoms with E-state index in [9.17, 15) is 4.79 Å². The van der Waals surface area contributed by atoms with Gasteiger partial charge in [-0.1, -0.05) is 35.9 Å². The van der Waals surface area contributed by atoms with Gasteiger partial charge in [0.05, 0.1) is 12.3 Å². The number of rotatable bonds is 6. The molecular formula is C21H22N2O2S. The van der Waals surface area contributed by atoms with E-state index >= 15 is 0 Å². The minimum absolute atomic E-state index is 0.0511. The summed E-state index contributed by atoms with van der Waals surface area (Å²) in [6.45, 7) is 8.88. The van der Waals surface area contributed by atoms with Gasteiger partial charge >= 0.3 is 0 Å². The molecule has 0 bridgehead atoms. The minimum Gasteiger partial charge on any atom is -0.494 e. The molecule has 1 heterocycles. The molecule has 0 saturated carbocycles. The summed E-state index contributed by atoms with van der Waals surface area (Å²) in [5, 5.41) is 0.490. The Morgan fingerprint density at radius 2 is 1.81 bits per heavy atom. The van der Waals surface area contributed by atoms with E-state index in [2.05, 4.69) is 6.58 Å². The Morgan fingerprint density at radius 3 is 2.38 bits per heavy atom. The van der Waals surface area contributed by atoms with Crippen LogP contribution in [0.3, 0.4) is 0 Å². The van der Waals surface area contributed by atoms with E-state index in [1.807, 2.05) is 67.3 Å². The summed E-state index contributed by atoms with van der Waals surface area (Å²) < 4.78 is 5.48. The summed E-state index contributed by atoms with van der Waals surface area (Å²) in [5.74, 6) is 0.719. The molecular weight excluding hydrogens is 344 g/mol. The first-order valence-corrected chi connectivity index (χ1v) is 9.02. The van der Waals surface area contributed by atoms with Gasteiger partial charge in [0, 0.05) is 6.54 Å². The normalized spacial score (nSPS) is 16.9. The highest BCUT2D eigenvalue weighted by Crippen LogP contribution is 2.35. The van der Waals surface area contributed by atoms with Crippen molar-refractivity contribution in [3.05, 3.63) is 72.3 Å². The number of hydrogen-bond donors (Lipinski definition) is 0. The molecule has 5 heteroatoms. The molecule has 4 nitrogen and oxygen atoms in total. The topological polar surface area (TPSA) is 32.8 Å². The first-order valence-electron chi connectivity index (χ1n) is 8.61. The Morgan fingerprint density at radius 1 is 1.15 bits per heavy atom. The van der Waals surface area contributed by atoms with E-state index in [0.717, 1.165) is 22.6 Å². The molecule has 1 fully saturated rings. The summed E-state index contributed by atoms with van der Waals surface area (Å²) in [4.78, 5) is 16.7. The number of hydrogen-bond acceptors (Lipinski definition) is 3. The molecule has 2 aromatic carbocycles. The second-order valence-corrected chi connectivity index (χ2v) is 6.50. The van der Waals surface area contributed by atoms with Gasteiger partial charge < -0.3 is 9.64 Å². The van der Waals surface area contributed by atoms with Crippen LogP contribution in [0.5, 0.6) is 5.75 Å². The SMILES string of the molecule is C=CCN1C(=S)N(c2ccc(OCC)cc2)C(=O)[C@H]1c1ccc(C)cc1. The highest BCUT2D eigenvalue weighted by atomic mass is 32.1. The highest BCUT2D eigenvalue weighted by Gasteiger charge is 2.43. The van der Waals surface area contributed by atoms with E-state index < -0.39 is 6.04 Å². The van der Waals surface area contributed by atoms with Gasteiger partial charge in [0.25, 0.3) is 5.91 Å². The number of ether oxygens (including phenoxy) is 1. The van der Waals surface area contributed by atoms with Crippen LogP contribution in [0.2, 0.25) is 0 Å². The summed E-state index contributed by atoms with van der Waals surface area (Å²) in [6.07, 6.45) is 1.77. The molecule has 26 heavy (non-hydrogen) atoms. The maximum Gasteiger partial charge on any atom is 0.260 e. The lowest BCUT2D eigenvalue weighted by atomic mass is 10.0. The third-order valence-electron chi connectivity index (χ3n) is 4.33. The van der Waals surface area contributed by atoms with E-state index in [1.54, 1.807) is 11.0 Å². The molecule has 0 aliphatic carbocycles. The third-order valence-corrected chi connectivity index (χ3v) is 4.74. The number of amides is 1. The van der Waals surface area contributed by atoms with Crippen molar-refractivity contribution in [3.63, 3.8) is 0 Å². The molecule has 1 aliphatic rings. The fourth-order valence-corrected chi connectivity index (χ4v) is 3.45. The molecule has 0 spiro atoms. The van der Waals surface area contributed by atoms with Gasteiger partial charge in [0.1, 0.15) is 11.8 Å². The lowest BCUT2D eigenvalue weighted by Crippen LogP contribution is -2.32. The summed E-state index contributed by atoms with van der Waals surface area (Å²) in [5.41, 5.74) is 2.82. The van der Waals surface area contributed by atoms with Crippen LogP contribution in [-0.4, -0.2) is 29.1 Å². The smallest absolute Gasteiger partial charge is 0.260 e. The molecule has 1 atom stereocenters. The summed E-state index contributed by atoms with van der Waals surface area (Å²) in [7, 11) is 0. The van der Waals surface area contributed by atoms with Gasteiger partial charge in [-0.25, -0.2) is 0 Å². The van der Waals surface area contributed by atoms with Gasteiger partial charge in [-0.2, -0.15) is 0 Å². The standard InChI is InChI=1S/C21H22N2O2S/c1-4-14-22-19(16-8-6-15(3)7-9-16)20(24)23(21(22)26)17-10-12-18(13-11-17)25-5-2/h4,6-13,19H,1,5,14H2,2-3H3/t19-/m1/s1. The monoisotopic (exact) mass is 366 g/mol. The number of aryl methyl sites for hydroxylation is 1. The average Bonchev–Trinajstić information content (AvgIpc) is 2.88. The first-order chi connectivity index (χ1) is 12.6. The largest absolute Gasteiger partial charge is 0.494 e. The summed E-state index contributed by atoms with van der Waals surface area (Å²) in [6, 6.07) is 15.0. The lowest BCUT2D eigenvalue weighted by molar-refractivity contribution is -0.119. The second kappa shape index (κ2) is 7.70. The average molecular weight is 366 g/mol. The van der Waals surface area contributed by atoms with E-state index in [0.29, 0.717) is 18.3 Å².